The zero-order valence-corrected chi connectivity index (χ0v) is 18.7. The number of nitrogens with zero attached hydrogens (tertiary/aromatic N) is 1. The number of nitro groups is 1. The van der Waals surface area contributed by atoms with Gasteiger partial charge in [-0.3, -0.25) is 14.9 Å². The van der Waals surface area contributed by atoms with Crippen LogP contribution in [0.2, 0.25) is 0 Å². The molecule has 2 aliphatic rings. The van der Waals surface area contributed by atoms with Gasteiger partial charge in [0, 0.05) is 35.4 Å². The molecule has 0 aromatic heterocycles. The third-order valence-corrected chi connectivity index (χ3v) is 5.98. The molecule has 1 aliphatic heterocycles. The molecule has 1 unspecified atom stereocenters. The number of nitro benzene ring substituents is 1. The van der Waals surface area contributed by atoms with Crippen molar-refractivity contribution in [3.63, 3.8) is 0 Å². The summed E-state index contributed by atoms with van der Waals surface area (Å²) in [4.78, 5) is 36.8. The van der Waals surface area contributed by atoms with Crippen LogP contribution in [-0.4, -0.2) is 23.8 Å². The number of ketones is 1. The number of hydrogen-bond donors (Lipinski definition) is 1. The van der Waals surface area contributed by atoms with Gasteiger partial charge in [0.15, 0.2) is 11.5 Å². The third kappa shape index (κ3) is 4.41. The minimum absolute atomic E-state index is 0.00330. The van der Waals surface area contributed by atoms with E-state index in [1.54, 1.807) is 19.1 Å². The lowest BCUT2D eigenvalue weighted by Crippen LogP contribution is -2.34. The predicted octanol–water partition coefficient (Wildman–Crippen LogP) is 4.45. The maximum atomic E-state index is 13.4. The summed E-state index contributed by atoms with van der Waals surface area (Å²) in [5.74, 6) is -1.96. The second kappa shape index (κ2) is 9.46. The van der Waals surface area contributed by atoms with E-state index in [4.69, 9.17) is 9.47 Å². The van der Waals surface area contributed by atoms with E-state index >= 15 is 0 Å². The maximum absolute atomic E-state index is 13.4. The molecule has 1 aliphatic carbocycles. The number of nitrogens with one attached hydrogen (secondary N) is 1. The molecular weight excluding hydrogens is 443 g/mol. The number of benzene rings is 2. The van der Waals surface area contributed by atoms with Crippen molar-refractivity contribution >= 4 is 17.4 Å². The minimum Gasteiger partial charge on any atom is -0.482 e. The molecule has 8 nitrogen and oxygen atoms in total. The number of ether oxygens (including phenoxy) is 2. The zero-order chi connectivity index (χ0) is 24.4. The second-order valence-electron chi connectivity index (χ2n) is 8.16. The largest absolute Gasteiger partial charge is 0.482 e. The predicted molar refractivity (Wildman–Crippen MR) is 120 cm³/mol. The highest BCUT2D eigenvalue weighted by molar-refractivity contribution is 6.03. The first-order chi connectivity index (χ1) is 16.3. The van der Waals surface area contributed by atoms with E-state index in [1.165, 1.54) is 37.4 Å². The topological polar surface area (TPSA) is 108 Å². The van der Waals surface area contributed by atoms with Gasteiger partial charge in [-0.15, -0.1) is 0 Å². The van der Waals surface area contributed by atoms with Crippen LogP contribution < -0.4 is 10.1 Å². The molecule has 0 spiro atoms. The quantitative estimate of drug-likeness (QED) is 0.381. The number of halogens is 1. The Kier molecular flexibility index (Phi) is 6.45. The molecular formula is C25H23FN2O6. The number of dihydropyridines is 1. The van der Waals surface area contributed by atoms with Crippen LogP contribution in [-0.2, 0) is 20.9 Å². The summed E-state index contributed by atoms with van der Waals surface area (Å²) in [6.45, 7) is 1.65. The number of Topliss-reactive ketones (excluding diaryl/α,β-unsaturated/α-hetero) is 1. The van der Waals surface area contributed by atoms with Crippen molar-refractivity contribution in [3.8, 4) is 5.75 Å². The summed E-state index contributed by atoms with van der Waals surface area (Å²) in [6, 6.07) is 10.1. The van der Waals surface area contributed by atoms with E-state index in [0.717, 1.165) is 5.70 Å². The normalized spacial score (nSPS) is 17.7. The van der Waals surface area contributed by atoms with E-state index < -0.39 is 22.6 Å². The molecule has 34 heavy (non-hydrogen) atoms. The highest BCUT2D eigenvalue weighted by atomic mass is 19.1. The average molecular weight is 466 g/mol. The number of methoxy groups -OCH3 is 1. The molecule has 1 N–H and O–H groups in total. The summed E-state index contributed by atoms with van der Waals surface area (Å²) in [5, 5.41) is 15.0. The number of carbonyl (C=O) groups excluding carboxylic acids is 2. The third-order valence-electron chi connectivity index (χ3n) is 5.98. The highest BCUT2D eigenvalue weighted by Gasteiger charge is 2.39. The van der Waals surface area contributed by atoms with Crippen molar-refractivity contribution in [1.82, 2.24) is 5.32 Å². The number of esters is 1. The van der Waals surface area contributed by atoms with Crippen LogP contribution in [0.15, 0.2) is 65.0 Å². The van der Waals surface area contributed by atoms with Gasteiger partial charge in [0.2, 0.25) is 0 Å². The van der Waals surface area contributed by atoms with Gasteiger partial charge >= 0.3 is 11.7 Å². The zero-order valence-electron chi connectivity index (χ0n) is 18.7. The average Bonchev–Trinajstić information content (AvgIpc) is 2.81. The Morgan fingerprint density at radius 1 is 1.24 bits per heavy atom. The Balaban J connectivity index is 1.76. The highest BCUT2D eigenvalue weighted by Crippen LogP contribution is 2.44. The fourth-order valence-corrected chi connectivity index (χ4v) is 4.46. The number of carbonyl (C=O) groups is 2. The molecule has 1 atom stereocenters. The molecule has 2 aromatic rings. The number of rotatable bonds is 6. The van der Waals surface area contributed by atoms with Crippen molar-refractivity contribution in [3.05, 3.63) is 92.1 Å². The van der Waals surface area contributed by atoms with Gasteiger partial charge in [0.05, 0.1) is 17.6 Å². The Labute approximate surface area is 195 Å². The van der Waals surface area contributed by atoms with E-state index in [9.17, 15) is 24.1 Å². The SMILES string of the molecule is COC(=O)C1=C(C)NC2=C(C(=O)CCC2)C1c1ccc(OCc2cccc(F)c2)c([N+](=O)[O-])c1. The lowest BCUT2D eigenvalue weighted by Gasteiger charge is -2.34. The van der Waals surface area contributed by atoms with Gasteiger partial charge in [-0.1, -0.05) is 18.2 Å². The van der Waals surface area contributed by atoms with Crippen LogP contribution in [0.3, 0.4) is 0 Å². The first kappa shape index (κ1) is 23.2. The van der Waals surface area contributed by atoms with Crippen LogP contribution in [0, 0.1) is 15.9 Å². The summed E-state index contributed by atoms with van der Waals surface area (Å²) in [7, 11) is 1.25. The van der Waals surface area contributed by atoms with Crippen LogP contribution in [0.25, 0.3) is 0 Å². The smallest absolute Gasteiger partial charge is 0.336 e. The van der Waals surface area contributed by atoms with Crippen LogP contribution in [0.5, 0.6) is 5.75 Å². The van der Waals surface area contributed by atoms with Gasteiger partial charge in [0.1, 0.15) is 12.4 Å². The van der Waals surface area contributed by atoms with Gasteiger partial charge in [-0.05, 0) is 49.1 Å². The van der Waals surface area contributed by atoms with Gasteiger partial charge in [0.25, 0.3) is 0 Å². The molecule has 0 fully saturated rings. The Bertz CT molecular complexity index is 1250. The standard InChI is InChI=1S/C25H23FN2O6/c1-14-22(25(30)33-2)23(24-18(27-14)7-4-8-20(24)29)16-9-10-21(19(12-16)28(31)32)34-13-15-5-3-6-17(26)11-15/h3,5-6,9-12,23,27H,4,7-8,13H2,1-2H3. The van der Waals surface area contributed by atoms with Crippen molar-refractivity contribution in [2.24, 2.45) is 0 Å². The summed E-state index contributed by atoms with van der Waals surface area (Å²) in [5.41, 5.74) is 2.54. The van der Waals surface area contributed by atoms with Gasteiger partial charge in [-0.25, -0.2) is 9.18 Å². The molecule has 176 valence electrons. The summed E-state index contributed by atoms with van der Waals surface area (Å²) >= 11 is 0. The van der Waals surface area contributed by atoms with Crippen molar-refractivity contribution in [1.29, 1.82) is 0 Å². The molecule has 0 amide bonds. The second-order valence-corrected chi connectivity index (χ2v) is 8.16. The Morgan fingerprint density at radius 3 is 2.74 bits per heavy atom. The van der Waals surface area contributed by atoms with E-state index in [1.807, 2.05) is 0 Å². The van der Waals surface area contributed by atoms with Crippen LogP contribution in [0.4, 0.5) is 10.1 Å². The van der Waals surface area contributed by atoms with E-state index in [2.05, 4.69) is 5.32 Å². The van der Waals surface area contributed by atoms with Crippen LogP contribution >= 0.6 is 0 Å². The van der Waals surface area contributed by atoms with E-state index in [0.29, 0.717) is 41.7 Å². The monoisotopic (exact) mass is 466 g/mol. The van der Waals surface area contributed by atoms with Crippen molar-refractivity contribution < 1.29 is 28.4 Å². The lowest BCUT2D eigenvalue weighted by atomic mass is 9.75. The van der Waals surface area contributed by atoms with Crippen LogP contribution in [0.1, 0.15) is 43.2 Å². The van der Waals surface area contributed by atoms with Crippen molar-refractivity contribution in [2.45, 2.75) is 38.7 Å². The molecule has 1 heterocycles. The van der Waals surface area contributed by atoms with Crippen molar-refractivity contribution in [2.75, 3.05) is 7.11 Å². The molecule has 0 saturated carbocycles. The number of hydrogen-bond acceptors (Lipinski definition) is 7. The lowest BCUT2D eigenvalue weighted by molar-refractivity contribution is -0.386. The fraction of sp³-hybridized carbons (Fsp3) is 0.280. The first-order valence-corrected chi connectivity index (χ1v) is 10.8. The molecule has 0 saturated heterocycles. The summed E-state index contributed by atoms with van der Waals surface area (Å²) < 4.78 is 24.0. The molecule has 2 aromatic carbocycles. The molecule has 0 radical (unpaired) electrons. The minimum atomic E-state index is -0.799. The summed E-state index contributed by atoms with van der Waals surface area (Å²) in [6.07, 6.45) is 1.66. The van der Waals surface area contributed by atoms with E-state index in [-0.39, 0.29) is 29.4 Å². The molecule has 0 bridgehead atoms. The number of allylic oxidation sites excluding steroid dienone is 3. The molecule has 4 rings (SSSR count). The Hall–Kier alpha value is -4.01. The first-order valence-electron chi connectivity index (χ1n) is 10.8. The Morgan fingerprint density at radius 2 is 2.03 bits per heavy atom. The van der Waals surface area contributed by atoms with Gasteiger partial charge < -0.3 is 14.8 Å². The fourth-order valence-electron chi connectivity index (χ4n) is 4.46. The maximum Gasteiger partial charge on any atom is 0.336 e. The molecule has 9 heteroatoms. The van der Waals surface area contributed by atoms with Gasteiger partial charge in [-0.2, -0.15) is 0 Å².